The molecule has 1 unspecified atom stereocenters. The SMILES string of the molecule is CC(CCNc1cc(Br)ccc1C#N)c1ccccc1. The number of nitrogens with one attached hydrogen (secondary N) is 1. The molecule has 0 heterocycles. The smallest absolute Gasteiger partial charge is 0.101 e. The molecule has 2 nitrogen and oxygen atoms in total. The Morgan fingerprint density at radius 2 is 1.95 bits per heavy atom. The number of nitrogens with zero attached hydrogens (tertiary/aromatic N) is 1. The largest absolute Gasteiger partial charge is 0.384 e. The van der Waals surface area contributed by atoms with Gasteiger partial charge in [-0.2, -0.15) is 5.26 Å². The molecule has 2 rings (SSSR count). The van der Waals surface area contributed by atoms with Gasteiger partial charge < -0.3 is 5.32 Å². The molecule has 0 radical (unpaired) electrons. The number of anilines is 1. The molecular weight excluding hydrogens is 312 g/mol. The van der Waals surface area contributed by atoms with E-state index in [9.17, 15) is 0 Å². The number of halogens is 1. The fourth-order valence-electron chi connectivity index (χ4n) is 2.13. The molecule has 0 amide bonds. The molecule has 0 spiro atoms. The topological polar surface area (TPSA) is 35.8 Å². The fraction of sp³-hybridized carbons (Fsp3) is 0.235. The molecule has 2 aromatic rings. The van der Waals surface area contributed by atoms with Gasteiger partial charge in [0.25, 0.3) is 0 Å². The fourth-order valence-corrected chi connectivity index (χ4v) is 2.49. The second-order valence-electron chi connectivity index (χ2n) is 4.83. The monoisotopic (exact) mass is 328 g/mol. The van der Waals surface area contributed by atoms with Gasteiger partial charge in [0.15, 0.2) is 0 Å². The van der Waals surface area contributed by atoms with Crippen molar-refractivity contribution in [2.75, 3.05) is 11.9 Å². The van der Waals surface area contributed by atoms with Crippen molar-refractivity contribution in [1.29, 1.82) is 5.26 Å². The van der Waals surface area contributed by atoms with Gasteiger partial charge in [-0.25, -0.2) is 0 Å². The lowest BCUT2D eigenvalue weighted by Gasteiger charge is -2.14. The van der Waals surface area contributed by atoms with E-state index < -0.39 is 0 Å². The predicted octanol–water partition coefficient (Wildman–Crippen LogP) is 4.93. The number of benzene rings is 2. The lowest BCUT2D eigenvalue weighted by Crippen LogP contribution is -2.07. The highest BCUT2D eigenvalue weighted by Gasteiger charge is 2.06. The van der Waals surface area contributed by atoms with Gasteiger partial charge in [0, 0.05) is 11.0 Å². The second kappa shape index (κ2) is 7.12. The molecule has 2 aromatic carbocycles. The summed E-state index contributed by atoms with van der Waals surface area (Å²) in [5, 5.41) is 12.4. The van der Waals surface area contributed by atoms with Gasteiger partial charge in [-0.1, -0.05) is 53.2 Å². The summed E-state index contributed by atoms with van der Waals surface area (Å²) in [7, 11) is 0. The first-order valence-electron chi connectivity index (χ1n) is 6.69. The molecule has 1 N–H and O–H groups in total. The first-order valence-corrected chi connectivity index (χ1v) is 7.48. The zero-order valence-corrected chi connectivity index (χ0v) is 13.0. The van der Waals surface area contributed by atoms with Crippen LogP contribution in [0.25, 0.3) is 0 Å². The standard InChI is InChI=1S/C17H17BrN2/c1-13(14-5-3-2-4-6-14)9-10-20-17-11-16(18)8-7-15(17)12-19/h2-8,11,13,20H,9-10H2,1H3. The van der Waals surface area contributed by atoms with Crippen LogP contribution in [-0.2, 0) is 0 Å². The maximum absolute atomic E-state index is 9.09. The van der Waals surface area contributed by atoms with Crippen LogP contribution in [0.5, 0.6) is 0 Å². The Bertz CT molecular complexity index is 602. The van der Waals surface area contributed by atoms with Gasteiger partial charge in [0.1, 0.15) is 6.07 Å². The maximum Gasteiger partial charge on any atom is 0.101 e. The zero-order valence-electron chi connectivity index (χ0n) is 11.4. The molecule has 0 aliphatic rings. The van der Waals surface area contributed by atoms with E-state index in [1.165, 1.54) is 5.56 Å². The summed E-state index contributed by atoms with van der Waals surface area (Å²) in [5.74, 6) is 0.501. The Kier molecular flexibility index (Phi) is 5.20. The van der Waals surface area contributed by atoms with Gasteiger partial charge >= 0.3 is 0 Å². The third-order valence-corrected chi connectivity index (χ3v) is 3.86. The predicted molar refractivity (Wildman–Crippen MR) is 86.8 cm³/mol. The summed E-state index contributed by atoms with van der Waals surface area (Å²) in [5.41, 5.74) is 2.92. The molecular formula is C17H17BrN2. The summed E-state index contributed by atoms with van der Waals surface area (Å²) < 4.78 is 0.982. The van der Waals surface area contributed by atoms with E-state index in [1.807, 2.05) is 24.3 Å². The summed E-state index contributed by atoms with van der Waals surface area (Å²) in [6.45, 7) is 3.07. The van der Waals surface area contributed by atoms with Crippen molar-refractivity contribution in [2.24, 2.45) is 0 Å². The van der Waals surface area contributed by atoms with Gasteiger partial charge in [0.05, 0.1) is 11.3 Å². The second-order valence-corrected chi connectivity index (χ2v) is 5.74. The molecule has 0 bridgehead atoms. The van der Waals surface area contributed by atoms with Crippen LogP contribution >= 0.6 is 15.9 Å². The highest BCUT2D eigenvalue weighted by Crippen LogP contribution is 2.22. The first-order chi connectivity index (χ1) is 9.70. The Balaban J connectivity index is 1.94. The van der Waals surface area contributed by atoms with Crippen molar-refractivity contribution in [3.05, 3.63) is 64.1 Å². The van der Waals surface area contributed by atoms with Crippen molar-refractivity contribution in [1.82, 2.24) is 0 Å². The van der Waals surface area contributed by atoms with Crippen LogP contribution in [-0.4, -0.2) is 6.54 Å². The number of hydrogen-bond donors (Lipinski definition) is 1. The zero-order chi connectivity index (χ0) is 14.4. The molecule has 1 atom stereocenters. The molecule has 3 heteroatoms. The third-order valence-electron chi connectivity index (χ3n) is 3.36. The van der Waals surface area contributed by atoms with E-state index in [0.29, 0.717) is 11.5 Å². The summed E-state index contributed by atoms with van der Waals surface area (Å²) in [4.78, 5) is 0. The van der Waals surface area contributed by atoms with Crippen molar-refractivity contribution in [3.8, 4) is 6.07 Å². The molecule has 0 fully saturated rings. The molecule has 0 aromatic heterocycles. The molecule has 0 aliphatic carbocycles. The Hall–Kier alpha value is -1.79. The van der Waals surface area contributed by atoms with E-state index in [4.69, 9.17) is 5.26 Å². The Labute approximate surface area is 128 Å². The van der Waals surface area contributed by atoms with E-state index >= 15 is 0 Å². The lowest BCUT2D eigenvalue weighted by atomic mass is 9.98. The highest BCUT2D eigenvalue weighted by molar-refractivity contribution is 9.10. The summed E-state index contributed by atoms with van der Waals surface area (Å²) in [6.07, 6.45) is 1.03. The van der Waals surface area contributed by atoms with E-state index in [-0.39, 0.29) is 0 Å². The number of rotatable bonds is 5. The van der Waals surface area contributed by atoms with E-state index in [1.54, 1.807) is 0 Å². The number of nitriles is 1. The minimum atomic E-state index is 0.501. The molecule has 102 valence electrons. The maximum atomic E-state index is 9.09. The van der Waals surface area contributed by atoms with Gasteiger partial charge in [0.2, 0.25) is 0 Å². The van der Waals surface area contributed by atoms with Gasteiger partial charge in [-0.15, -0.1) is 0 Å². The average molecular weight is 329 g/mol. The minimum Gasteiger partial charge on any atom is -0.384 e. The summed E-state index contributed by atoms with van der Waals surface area (Å²) in [6, 6.07) is 18.4. The molecule has 0 aliphatic heterocycles. The van der Waals surface area contributed by atoms with E-state index in [2.05, 4.69) is 58.5 Å². The van der Waals surface area contributed by atoms with Crippen molar-refractivity contribution < 1.29 is 0 Å². The normalized spacial score (nSPS) is 11.7. The van der Waals surface area contributed by atoms with Crippen molar-refractivity contribution >= 4 is 21.6 Å². The average Bonchev–Trinajstić information content (AvgIpc) is 2.48. The van der Waals surface area contributed by atoms with Crippen LogP contribution in [0, 0.1) is 11.3 Å². The van der Waals surface area contributed by atoms with Crippen LogP contribution < -0.4 is 5.32 Å². The first kappa shape index (κ1) is 14.6. The van der Waals surface area contributed by atoms with Gasteiger partial charge in [-0.3, -0.25) is 0 Å². The molecule has 20 heavy (non-hydrogen) atoms. The van der Waals surface area contributed by atoms with Crippen molar-refractivity contribution in [2.45, 2.75) is 19.3 Å². The lowest BCUT2D eigenvalue weighted by molar-refractivity contribution is 0.706. The summed E-state index contributed by atoms with van der Waals surface area (Å²) >= 11 is 3.43. The minimum absolute atomic E-state index is 0.501. The van der Waals surface area contributed by atoms with Crippen LogP contribution in [0.4, 0.5) is 5.69 Å². The number of hydrogen-bond acceptors (Lipinski definition) is 2. The van der Waals surface area contributed by atoms with Crippen molar-refractivity contribution in [3.63, 3.8) is 0 Å². The molecule has 0 saturated heterocycles. The Morgan fingerprint density at radius 1 is 1.20 bits per heavy atom. The quantitative estimate of drug-likeness (QED) is 0.844. The van der Waals surface area contributed by atoms with E-state index in [0.717, 1.165) is 23.1 Å². The highest BCUT2D eigenvalue weighted by atomic mass is 79.9. The molecule has 0 saturated carbocycles. The van der Waals surface area contributed by atoms with Crippen LogP contribution in [0.15, 0.2) is 53.0 Å². The van der Waals surface area contributed by atoms with Crippen LogP contribution in [0.2, 0.25) is 0 Å². The Morgan fingerprint density at radius 3 is 2.65 bits per heavy atom. The van der Waals surface area contributed by atoms with Crippen LogP contribution in [0.1, 0.15) is 30.4 Å². The third kappa shape index (κ3) is 3.85. The van der Waals surface area contributed by atoms with Gasteiger partial charge in [-0.05, 0) is 36.1 Å². The van der Waals surface area contributed by atoms with Crippen LogP contribution in [0.3, 0.4) is 0 Å².